The summed E-state index contributed by atoms with van der Waals surface area (Å²) in [5.74, 6) is 2.67. The molecule has 0 fully saturated rings. The summed E-state index contributed by atoms with van der Waals surface area (Å²) in [6.07, 6.45) is 3.92. The van der Waals surface area contributed by atoms with Crippen LogP contribution in [0.5, 0.6) is 0 Å². The lowest BCUT2D eigenvalue weighted by Crippen LogP contribution is -2.05. The van der Waals surface area contributed by atoms with Crippen LogP contribution >= 0.6 is 11.6 Å². The summed E-state index contributed by atoms with van der Waals surface area (Å²) >= 11 is 5.97. The van der Waals surface area contributed by atoms with Crippen LogP contribution in [0.15, 0.2) is 48.8 Å². The highest BCUT2D eigenvalue weighted by atomic mass is 35.5. The zero-order valence-electron chi connectivity index (χ0n) is 13.4. The third kappa shape index (κ3) is 2.57. The molecule has 0 atom stereocenters. The number of fused-ring (bicyclic) bond motifs is 1. The number of aromatic nitrogens is 5. The molecule has 0 radical (unpaired) electrons. The molecule has 0 aliphatic carbocycles. The van der Waals surface area contributed by atoms with Crippen molar-refractivity contribution in [2.24, 2.45) is 0 Å². The van der Waals surface area contributed by atoms with Crippen molar-refractivity contribution in [1.82, 2.24) is 24.1 Å². The van der Waals surface area contributed by atoms with Crippen LogP contribution in [0.2, 0.25) is 5.02 Å². The largest absolute Gasteiger partial charge is 0.307 e. The average molecular weight is 338 g/mol. The highest BCUT2D eigenvalue weighted by molar-refractivity contribution is 6.30. The van der Waals surface area contributed by atoms with Gasteiger partial charge in [0.1, 0.15) is 11.6 Å². The van der Waals surface area contributed by atoms with Crippen LogP contribution in [-0.4, -0.2) is 24.1 Å². The van der Waals surface area contributed by atoms with Crippen molar-refractivity contribution >= 4 is 17.1 Å². The van der Waals surface area contributed by atoms with Crippen molar-refractivity contribution < 1.29 is 0 Å². The summed E-state index contributed by atoms with van der Waals surface area (Å²) in [4.78, 5) is 4.34. The van der Waals surface area contributed by atoms with Crippen molar-refractivity contribution in [3.05, 3.63) is 71.0 Å². The van der Waals surface area contributed by atoms with Crippen molar-refractivity contribution in [2.75, 3.05) is 0 Å². The summed E-state index contributed by atoms with van der Waals surface area (Å²) < 4.78 is 4.17. The van der Waals surface area contributed by atoms with Gasteiger partial charge >= 0.3 is 0 Å². The summed E-state index contributed by atoms with van der Waals surface area (Å²) in [7, 11) is 0. The number of imidazole rings is 1. The third-order valence-corrected chi connectivity index (χ3v) is 4.41. The smallest absolute Gasteiger partial charge is 0.165 e. The standard InChI is InChI=1S/C18H16ClN5/c1-12-20-9-17-8-5-15(11-23(12)17)18-22-21-13(2)24(18)10-14-3-6-16(19)7-4-14/h3-9,11H,10H2,1-2H3. The van der Waals surface area contributed by atoms with Gasteiger partial charge in [-0.2, -0.15) is 0 Å². The summed E-state index contributed by atoms with van der Waals surface area (Å²) in [6, 6.07) is 11.9. The minimum atomic E-state index is 0.701. The second-order valence-corrected chi connectivity index (χ2v) is 6.24. The molecule has 1 aromatic carbocycles. The molecule has 120 valence electrons. The van der Waals surface area contributed by atoms with Gasteiger partial charge in [0, 0.05) is 16.8 Å². The number of halogens is 1. The molecular formula is C18H16ClN5. The molecule has 3 heterocycles. The number of pyridine rings is 1. The Kier molecular flexibility index (Phi) is 3.58. The number of aryl methyl sites for hydroxylation is 2. The number of hydrogen-bond donors (Lipinski definition) is 0. The molecule has 0 saturated carbocycles. The minimum absolute atomic E-state index is 0.701. The SMILES string of the molecule is Cc1nnc(-c2ccc3cnc(C)n3c2)n1Cc1ccc(Cl)cc1. The third-order valence-electron chi connectivity index (χ3n) is 4.16. The maximum atomic E-state index is 5.97. The minimum Gasteiger partial charge on any atom is -0.307 e. The summed E-state index contributed by atoms with van der Waals surface area (Å²) in [5, 5.41) is 9.37. The zero-order chi connectivity index (χ0) is 16.7. The number of rotatable bonds is 3. The zero-order valence-corrected chi connectivity index (χ0v) is 14.2. The summed E-state index contributed by atoms with van der Waals surface area (Å²) in [6.45, 7) is 4.65. The lowest BCUT2D eigenvalue weighted by Gasteiger charge is -2.10. The number of nitrogens with zero attached hydrogens (tertiary/aromatic N) is 5. The van der Waals surface area contributed by atoms with Crippen molar-refractivity contribution in [1.29, 1.82) is 0 Å². The van der Waals surface area contributed by atoms with E-state index in [0.29, 0.717) is 6.54 Å². The van der Waals surface area contributed by atoms with Gasteiger partial charge in [-0.1, -0.05) is 23.7 Å². The number of benzene rings is 1. The Balaban J connectivity index is 1.77. The maximum Gasteiger partial charge on any atom is 0.165 e. The van der Waals surface area contributed by atoms with Crippen molar-refractivity contribution in [3.8, 4) is 11.4 Å². The van der Waals surface area contributed by atoms with Gasteiger partial charge in [-0.15, -0.1) is 10.2 Å². The first-order chi connectivity index (χ1) is 11.6. The van der Waals surface area contributed by atoms with Crippen LogP contribution in [0.25, 0.3) is 16.9 Å². The molecule has 5 nitrogen and oxygen atoms in total. The fourth-order valence-corrected chi connectivity index (χ4v) is 2.93. The molecular weight excluding hydrogens is 322 g/mol. The first-order valence-corrected chi connectivity index (χ1v) is 8.08. The van der Waals surface area contributed by atoms with E-state index in [1.807, 2.05) is 50.4 Å². The highest BCUT2D eigenvalue weighted by Crippen LogP contribution is 2.22. The molecule has 0 unspecified atom stereocenters. The Hall–Kier alpha value is -2.66. The van der Waals surface area contributed by atoms with E-state index >= 15 is 0 Å². The molecule has 0 N–H and O–H groups in total. The molecule has 24 heavy (non-hydrogen) atoms. The fraction of sp³-hybridized carbons (Fsp3) is 0.167. The van der Waals surface area contributed by atoms with Crippen LogP contribution in [0.3, 0.4) is 0 Å². The molecule has 0 spiro atoms. The van der Waals surface area contributed by atoms with E-state index < -0.39 is 0 Å². The Labute approximate surface area is 144 Å². The lowest BCUT2D eigenvalue weighted by molar-refractivity contribution is 0.768. The van der Waals surface area contributed by atoms with Gasteiger partial charge in [0.15, 0.2) is 5.82 Å². The monoisotopic (exact) mass is 337 g/mol. The molecule has 0 amide bonds. The van der Waals surface area contributed by atoms with Gasteiger partial charge < -0.3 is 8.97 Å². The molecule has 0 aliphatic heterocycles. The van der Waals surface area contributed by atoms with Crippen LogP contribution in [0.4, 0.5) is 0 Å². The first kappa shape index (κ1) is 14.9. The van der Waals surface area contributed by atoms with Crippen LogP contribution in [0.1, 0.15) is 17.2 Å². The normalized spacial score (nSPS) is 11.3. The molecule has 6 heteroatoms. The van der Waals surface area contributed by atoms with Crippen LogP contribution < -0.4 is 0 Å². The quantitative estimate of drug-likeness (QED) is 0.569. The van der Waals surface area contributed by atoms with E-state index in [2.05, 4.69) is 36.4 Å². The van der Waals surface area contributed by atoms with Gasteiger partial charge in [0.05, 0.1) is 18.3 Å². The van der Waals surface area contributed by atoms with Crippen LogP contribution in [0, 0.1) is 13.8 Å². The molecule has 4 aromatic rings. The van der Waals surface area contributed by atoms with E-state index in [1.165, 1.54) is 0 Å². The van der Waals surface area contributed by atoms with Crippen LogP contribution in [-0.2, 0) is 6.54 Å². The molecule has 0 aliphatic rings. The van der Waals surface area contributed by atoms with E-state index in [-0.39, 0.29) is 0 Å². The Morgan fingerprint density at radius 2 is 1.75 bits per heavy atom. The topological polar surface area (TPSA) is 48.0 Å². The Bertz CT molecular complexity index is 1010. The second-order valence-electron chi connectivity index (χ2n) is 5.80. The van der Waals surface area contributed by atoms with Crippen molar-refractivity contribution in [2.45, 2.75) is 20.4 Å². The predicted octanol–water partition coefficient (Wildman–Crippen LogP) is 3.91. The summed E-state index contributed by atoms with van der Waals surface area (Å²) in [5.41, 5.74) is 3.23. The van der Waals surface area contributed by atoms with Gasteiger partial charge in [0.2, 0.25) is 0 Å². The fourth-order valence-electron chi connectivity index (χ4n) is 2.81. The van der Waals surface area contributed by atoms with Gasteiger partial charge in [-0.25, -0.2) is 4.98 Å². The maximum absolute atomic E-state index is 5.97. The van der Waals surface area contributed by atoms with Crippen molar-refractivity contribution in [3.63, 3.8) is 0 Å². The van der Waals surface area contributed by atoms with E-state index in [0.717, 1.165) is 39.1 Å². The molecule has 3 aromatic heterocycles. The molecule has 0 bridgehead atoms. The highest BCUT2D eigenvalue weighted by Gasteiger charge is 2.13. The average Bonchev–Trinajstić information content (AvgIpc) is 3.13. The first-order valence-electron chi connectivity index (χ1n) is 7.70. The van der Waals surface area contributed by atoms with Gasteiger partial charge in [0.25, 0.3) is 0 Å². The Morgan fingerprint density at radius 3 is 2.54 bits per heavy atom. The second kappa shape index (κ2) is 5.76. The predicted molar refractivity (Wildman–Crippen MR) is 94.2 cm³/mol. The molecule has 4 rings (SSSR count). The van der Waals surface area contributed by atoms with E-state index in [1.54, 1.807) is 0 Å². The van der Waals surface area contributed by atoms with Gasteiger partial charge in [-0.05, 0) is 43.7 Å². The lowest BCUT2D eigenvalue weighted by atomic mass is 10.2. The van der Waals surface area contributed by atoms with E-state index in [9.17, 15) is 0 Å². The Morgan fingerprint density at radius 1 is 0.958 bits per heavy atom. The van der Waals surface area contributed by atoms with E-state index in [4.69, 9.17) is 11.6 Å². The molecule has 0 saturated heterocycles. The number of hydrogen-bond acceptors (Lipinski definition) is 3. The van der Waals surface area contributed by atoms with Gasteiger partial charge in [-0.3, -0.25) is 0 Å².